The van der Waals surface area contributed by atoms with Crippen molar-refractivity contribution in [2.45, 2.75) is 31.6 Å². The van der Waals surface area contributed by atoms with Crippen LogP contribution in [0.2, 0.25) is 0 Å². The van der Waals surface area contributed by atoms with Gasteiger partial charge in [0, 0.05) is 32.7 Å². The first-order valence-corrected chi connectivity index (χ1v) is 9.51. The fourth-order valence-electron chi connectivity index (χ4n) is 4.09. The number of fused-ring (bicyclic) bond motifs is 3. The number of halogens is 6. The molecular formula is C20H16BrF5N2. The van der Waals surface area contributed by atoms with Crippen molar-refractivity contribution in [2.75, 3.05) is 6.54 Å². The molecule has 0 fully saturated rings. The van der Waals surface area contributed by atoms with Gasteiger partial charge in [-0.2, -0.15) is 13.2 Å². The Kier molecular flexibility index (Phi) is 4.74. The lowest BCUT2D eigenvalue weighted by atomic mass is 9.88. The summed E-state index contributed by atoms with van der Waals surface area (Å²) in [7, 11) is 0. The fourth-order valence-corrected chi connectivity index (χ4v) is 4.49. The minimum absolute atomic E-state index is 0.189. The zero-order chi connectivity index (χ0) is 20.2. The minimum atomic E-state index is -4.50. The molecule has 8 heteroatoms. The smallest absolute Gasteiger partial charge is 0.357 e. The van der Waals surface area contributed by atoms with Gasteiger partial charge in [0.2, 0.25) is 0 Å². The minimum Gasteiger partial charge on any atom is -0.357 e. The van der Waals surface area contributed by atoms with Crippen molar-refractivity contribution < 1.29 is 22.0 Å². The predicted octanol–water partition coefficient (Wildman–Crippen LogP) is 6.11. The second-order valence-corrected chi connectivity index (χ2v) is 8.00. The number of para-hydroxylation sites is 1. The number of hydrogen-bond acceptors (Lipinski definition) is 1. The molecule has 1 aliphatic heterocycles. The molecule has 0 unspecified atom stereocenters. The Morgan fingerprint density at radius 2 is 1.79 bits per heavy atom. The molecule has 148 valence electrons. The average molecular weight is 459 g/mol. The first-order chi connectivity index (χ1) is 13.2. The number of rotatable bonds is 2. The van der Waals surface area contributed by atoms with E-state index in [9.17, 15) is 22.0 Å². The molecule has 2 heterocycles. The molecule has 2 aromatic carbocycles. The van der Waals surface area contributed by atoms with Crippen molar-refractivity contribution in [3.63, 3.8) is 0 Å². The van der Waals surface area contributed by atoms with E-state index in [-0.39, 0.29) is 10.0 Å². The molecule has 0 aliphatic carbocycles. The highest BCUT2D eigenvalue weighted by Crippen LogP contribution is 2.43. The molecule has 28 heavy (non-hydrogen) atoms. The quantitative estimate of drug-likeness (QED) is 0.459. The molecule has 0 saturated heterocycles. The third-order valence-electron chi connectivity index (χ3n) is 5.20. The van der Waals surface area contributed by atoms with Gasteiger partial charge in [0.25, 0.3) is 0 Å². The maximum Gasteiger partial charge on any atom is 0.401 e. The Morgan fingerprint density at radius 3 is 2.43 bits per heavy atom. The van der Waals surface area contributed by atoms with E-state index in [1.54, 1.807) is 19.1 Å². The van der Waals surface area contributed by atoms with Gasteiger partial charge in [-0.25, -0.2) is 8.78 Å². The van der Waals surface area contributed by atoms with Crippen LogP contribution >= 0.6 is 15.9 Å². The summed E-state index contributed by atoms with van der Waals surface area (Å²) in [6, 6.07) is 7.69. The van der Waals surface area contributed by atoms with Crippen LogP contribution in [0.3, 0.4) is 0 Å². The van der Waals surface area contributed by atoms with E-state index in [0.29, 0.717) is 12.1 Å². The van der Waals surface area contributed by atoms with Gasteiger partial charge < -0.3 is 4.98 Å². The molecular weight excluding hydrogens is 443 g/mol. The predicted molar refractivity (Wildman–Crippen MR) is 100 cm³/mol. The van der Waals surface area contributed by atoms with Gasteiger partial charge in [0.15, 0.2) is 0 Å². The lowest BCUT2D eigenvalue weighted by Gasteiger charge is -2.41. The molecule has 0 radical (unpaired) electrons. The number of hydrogen-bond donors (Lipinski definition) is 1. The second kappa shape index (κ2) is 6.84. The summed E-state index contributed by atoms with van der Waals surface area (Å²) in [5.41, 5.74) is 1.56. The number of nitrogens with one attached hydrogen (secondary N) is 1. The van der Waals surface area contributed by atoms with Crippen molar-refractivity contribution in [1.29, 1.82) is 0 Å². The highest BCUT2D eigenvalue weighted by Gasteiger charge is 2.43. The summed E-state index contributed by atoms with van der Waals surface area (Å²) < 4.78 is 69.7. The number of aromatic nitrogens is 1. The van der Waals surface area contributed by atoms with Gasteiger partial charge in [-0.1, -0.05) is 34.1 Å². The standard InChI is InChI=1S/C20H16BrF5N2/c1-10-6-13-12-4-2-3-5-16(12)27-18(13)19(28(10)9-20(24,25)26)17-14(22)7-11(21)8-15(17)23/h2-5,7-8,10,19,27H,6,9H2,1H3/t10-,19+/m1/s1. The van der Waals surface area contributed by atoms with Gasteiger partial charge in [-0.05, 0) is 37.1 Å². The lowest BCUT2D eigenvalue weighted by molar-refractivity contribution is -0.155. The van der Waals surface area contributed by atoms with Crippen LogP contribution in [0.4, 0.5) is 22.0 Å². The number of benzene rings is 2. The van der Waals surface area contributed by atoms with E-state index in [1.165, 1.54) is 0 Å². The van der Waals surface area contributed by atoms with Crippen molar-refractivity contribution in [3.8, 4) is 0 Å². The summed E-state index contributed by atoms with van der Waals surface area (Å²) >= 11 is 3.03. The fraction of sp³-hybridized carbons (Fsp3) is 0.300. The Labute approximate surface area is 166 Å². The van der Waals surface area contributed by atoms with E-state index < -0.39 is 36.4 Å². The topological polar surface area (TPSA) is 19.0 Å². The van der Waals surface area contributed by atoms with Crippen LogP contribution in [-0.4, -0.2) is 28.6 Å². The Balaban J connectivity index is 1.98. The molecule has 0 amide bonds. The first-order valence-electron chi connectivity index (χ1n) is 8.72. The van der Waals surface area contributed by atoms with Crippen LogP contribution in [-0.2, 0) is 6.42 Å². The van der Waals surface area contributed by atoms with Gasteiger partial charge in [0.05, 0.1) is 12.6 Å². The maximum absolute atomic E-state index is 14.8. The number of H-pyrrole nitrogens is 1. The molecule has 2 atom stereocenters. The Bertz CT molecular complexity index is 1020. The summed E-state index contributed by atoms with van der Waals surface area (Å²) in [4.78, 5) is 4.23. The maximum atomic E-state index is 14.8. The van der Waals surface area contributed by atoms with E-state index in [4.69, 9.17) is 0 Å². The molecule has 0 bridgehead atoms. The van der Waals surface area contributed by atoms with Gasteiger partial charge in [-0.15, -0.1) is 0 Å². The van der Waals surface area contributed by atoms with Gasteiger partial charge in [-0.3, -0.25) is 4.90 Å². The molecule has 1 N–H and O–H groups in total. The van der Waals surface area contributed by atoms with E-state index in [2.05, 4.69) is 20.9 Å². The Hall–Kier alpha value is -1.93. The van der Waals surface area contributed by atoms with Crippen LogP contribution in [0.1, 0.15) is 29.8 Å². The van der Waals surface area contributed by atoms with Crippen molar-refractivity contribution >= 4 is 26.8 Å². The summed E-state index contributed by atoms with van der Waals surface area (Å²) in [5, 5.41) is 0.860. The highest BCUT2D eigenvalue weighted by atomic mass is 79.9. The van der Waals surface area contributed by atoms with E-state index >= 15 is 0 Å². The molecule has 0 spiro atoms. The van der Waals surface area contributed by atoms with Gasteiger partial charge in [0.1, 0.15) is 11.6 Å². The van der Waals surface area contributed by atoms with Crippen molar-refractivity contribution in [1.82, 2.24) is 9.88 Å². The van der Waals surface area contributed by atoms with Crippen LogP contribution in [0.15, 0.2) is 40.9 Å². The van der Waals surface area contributed by atoms with Gasteiger partial charge >= 0.3 is 6.18 Å². The largest absolute Gasteiger partial charge is 0.401 e. The third kappa shape index (κ3) is 3.33. The van der Waals surface area contributed by atoms with Crippen LogP contribution in [0, 0.1) is 11.6 Å². The van der Waals surface area contributed by atoms with E-state index in [0.717, 1.165) is 33.5 Å². The molecule has 1 aromatic heterocycles. The molecule has 0 saturated carbocycles. The van der Waals surface area contributed by atoms with Crippen LogP contribution < -0.4 is 0 Å². The lowest BCUT2D eigenvalue weighted by Crippen LogP contribution is -2.47. The highest BCUT2D eigenvalue weighted by molar-refractivity contribution is 9.10. The zero-order valence-corrected chi connectivity index (χ0v) is 16.3. The monoisotopic (exact) mass is 458 g/mol. The number of aromatic amines is 1. The molecule has 2 nitrogen and oxygen atoms in total. The number of nitrogens with zero attached hydrogens (tertiary/aromatic N) is 1. The van der Waals surface area contributed by atoms with Crippen molar-refractivity contribution in [3.05, 3.63) is 69.3 Å². The molecule has 4 rings (SSSR count). The summed E-state index contributed by atoms with van der Waals surface area (Å²) in [5.74, 6) is -1.77. The second-order valence-electron chi connectivity index (χ2n) is 7.09. The first kappa shape index (κ1) is 19.4. The normalized spacial score (nSPS) is 20.5. The zero-order valence-electron chi connectivity index (χ0n) is 14.7. The van der Waals surface area contributed by atoms with Crippen LogP contribution in [0.25, 0.3) is 10.9 Å². The third-order valence-corrected chi connectivity index (χ3v) is 5.65. The SMILES string of the molecule is C[C@@H]1Cc2c([nH]c3ccccc23)[C@H](c2c(F)cc(Br)cc2F)N1CC(F)(F)F. The van der Waals surface area contributed by atoms with Crippen LogP contribution in [0.5, 0.6) is 0 Å². The van der Waals surface area contributed by atoms with E-state index in [1.807, 2.05) is 12.1 Å². The Morgan fingerprint density at radius 1 is 1.14 bits per heavy atom. The average Bonchev–Trinajstić information content (AvgIpc) is 2.94. The molecule has 3 aromatic rings. The summed E-state index contributed by atoms with van der Waals surface area (Å²) in [6.07, 6.45) is -4.15. The molecule has 1 aliphatic rings. The van der Waals surface area contributed by atoms with Crippen molar-refractivity contribution in [2.24, 2.45) is 0 Å². The number of alkyl halides is 3. The summed E-state index contributed by atoms with van der Waals surface area (Å²) in [6.45, 7) is 0.390.